The van der Waals surface area contributed by atoms with Gasteiger partial charge in [0.05, 0.1) is 11.6 Å². The van der Waals surface area contributed by atoms with Gasteiger partial charge in [-0.15, -0.1) is 0 Å². The SMILES string of the molecule is CCC1CCCCN1C(=O)C1(C(=O)Nc2ccc(C#N)cc2)CC1. The quantitative estimate of drug-likeness (QED) is 0.865. The molecule has 126 valence electrons. The second-order valence-electron chi connectivity index (χ2n) is 6.78. The highest BCUT2D eigenvalue weighted by atomic mass is 16.2. The van der Waals surface area contributed by atoms with Gasteiger partial charge in [-0.3, -0.25) is 9.59 Å². The van der Waals surface area contributed by atoms with Gasteiger partial charge in [-0.1, -0.05) is 6.92 Å². The number of rotatable bonds is 4. The van der Waals surface area contributed by atoms with Crippen molar-refractivity contribution in [2.24, 2.45) is 5.41 Å². The smallest absolute Gasteiger partial charge is 0.240 e. The highest BCUT2D eigenvalue weighted by molar-refractivity contribution is 6.13. The molecule has 0 radical (unpaired) electrons. The van der Waals surface area contributed by atoms with Gasteiger partial charge in [0, 0.05) is 18.3 Å². The molecule has 24 heavy (non-hydrogen) atoms. The van der Waals surface area contributed by atoms with Crippen molar-refractivity contribution in [3.63, 3.8) is 0 Å². The lowest BCUT2D eigenvalue weighted by molar-refractivity contribution is -0.145. The number of nitrogens with zero attached hydrogens (tertiary/aromatic N) is 2. The number of nitriles is 1. The van der Waals surface area contributed by atoms with Crippen LogP contribution in [0.2, 0.25) is 0 Å². The highest BCUT2D eigenvalue weighted by Gasteiger charge is 2.58. The Morgan fingerprint density at radius 2 is 2.00 bits per heavy atom. The maximum atomic E-state index is 13.0. The maximum Gasteiger partial charge on any atom is 0.240 e. The molecule has 1 N–H and O–H groups in total. The predicted octanol–water partition coefficient (Wildman–Crippen LogP) is 3.07. The summed E-state index contributed by atoms with van der Waals surface area (Å²) < 4.78 is 0. The largest absolute Gasteiger partial charge is 0.339 e. The van der Waals surface area contributed by atoms with Gasteiger partial charge >= 0.3 is 0 Å². The Morgan fingerprint density at radius 3 is 2.58 bits per heavy atom. The number of carbonyl (C=O) groups is 2. The Bertz CT molecular complexity index is 671. The molecule has 3 rings (SSSR count). The summed E-state index contributed by atoms with van der Waals surface area (Å²) in [5.41, 5.74) is 0.298. The minimum atomic E-state index is -0.876. The molecule has 2 aliphatic rings. The van der Waals surface area contributed by atoms with Crippen LogP contribution in [-0.2, 0) is 9.59 Å². The third-order valence-electron chi connectivity index (χ3n) is 5.23. The van der Waals surface area contributed by atoms with Crippen LogP contribution in [-0.4, -0.2) is 29.3 Å². The first-order chi connectivity index (χ1) is 11.6. The summed E-state index contributed by atoms with van der Waals surface area (Å²) in [7, 11) is 0. The van der Waals surface area contributed by atoms with Gasteiger partial charge in [-0.25, -0.2) is 0 Å². The molecule has 1 saturated heterocycles. The molecule has 2 fully saturated rings. The fourth-order valence-corrected chi connectivity index (χ4v) is 3.51. The van der Waals surface area contributed by atoms with E-state index in [4.69, 9.17) is 5.26 Å². The van der Waals surface area contributed by atoms with E-state index in [0.717, 1.165) is 32.2 Å². The van der Waals surface area contributed by atoms with Crippen molar-refractivity contribution >= 4 is 17.5 Å². The molecule has 1 saturated carbocycles. The minimum Gasteiger partial charge on any atom is -0.339 e. The van der Waals surface area contributed by atoms with Gasteiger partial charge in [0.15, 0.2) is 0 Å². The molecule has 1 aromatic rings. The molecule has 5 nitrogen and oxygen atoms in total. The number of hydrogen-bond acceptors (Lipinski definition) is 3. The molecule has 2 amide bonds. The monoisotopic (exact) mass is 325 g/mol. The van der Waals surface area contributed by atoms with Crippen molar-refractivity contribution in [1.82, 2.24) is 4.90 Å². The van der Waals surface area contributed by atoms with Crippen LogP contribution in [0.3, 0.4) is 0 Å². The van der Waals surface area contributed by atoms with Gasteiger partial charge in [-0.2, -0.15) is 5.26 Å². The molecule has 1 unspecified atom stereocenters. The number of nitrogens with one attached hydrogen (secondary N) is 1. The van der Waals surface area contributed by atoms with Crippen molar-refractivity contribution in [1.29, 1.82) is 5.26 Å². The molecule has 1 aliphatic heterocycles. The molecule has 1 atom stereocenters. The van der Waals surface area contributed by atoms with Crippen molar-refractivity contribution < 1.29 is 9.59 Å². The first-order valence-electron chi connectivity index (χ1n) is 8.73. The maximum absolute atomic E-state index is 13.0. The number of piperidine rings is 1. The molecule has 0 spiro atoms. The lowest BCUT2D eigenvalue weighted by atomic mass is 9.95. The van der Waals surface area contributed by atoms with Crippen molar-refractivity contribution in [3.8, 4) is 6.07 Å². The summed E-state index contributed by atoms with van der Waals surface area (Å²) in [6.07, 6.45) is 5.42. The molecule has 0 bridgehead atoms. The van der Waals surface area contributed by atoms with Crippen LogP contribution in [0.1, 0.15) is 51.0 Å². The average Bonchev–Trinajstić information content (AvgIpc) is 3.43. The Morgan fingerprint density at radius 1 is 1.29 bits per heavy atom. The average molecular weight is 325 g/mol. The van der Waals surface area contributed by atoms with Gasteiger partial charge in [0.25, 0.3) is 0 Å². The Kier molecular flexibility index (Phi) is 4.57. The molecule has 1 aromatic carbocycles. The zero-order valence-electron chi connectivity index (χ0n) is 14.0. The van der Waals surface area contributed by atoms with E-state index in [1.54, 1.807) is 24.3 Å². The molecular formula is C19H23N3O2. The first-order valence-corrected chi connectivity index (χ1v) is 8.73. The fraction of sp³-hybridized carbons (Fsp3) is 0.526. The summed E-state index contributed by atoms with van der Waals surface area (Å²) >= 11 is 0. The molecule has 1 heterocycles. The van der Waals surface area contributed by atoms with Crippen LogP contribution < -0.4 is 5.32 Å². The topological polar surface area (TPSA) is 73.2 Å². The van der Waals surface area contributed by atoms with Crippen LogP contribution in [0.15, 0.2) is 24.3 Å². The Labute approximate surface area is 142 Å². The van der Waals surface area contributed by atoms with Gasteiger partial charge in [-0.05, 0) is 62.8 Å². The van der Waals surface area contributed by atoms with E-state index in [1.807, 2.05) is 11.0 Å². The third kappa shape index (κ3) is 3.01. The number of benzene rings is 1. The summed E-state index contributed by atoms with van der Waals surface area (Å²) in [6, 6.07) is 9.04. The van der Waals surface area contributed by atoms with Crippen molar-refractivity contribution in [2.45, 2.75) is 51.5 Å². The summed E-state index contributed by atoms with van der Waals surface area (Å²) in [6.45, 7) is 2.87. The summed E-state index contributed by atoms with van der Waals surface area (Å²) in [4.78, 5) is 27.7. The van der Waals surface area contributed by atoms with Gasteiger partial charge < -0.3 is 10.2 Å². The van der Waals surface area contributed by atoms with E-state index >= 15 is 0 Å². The third-order valence-corrected chi connectivity index (χ3v) is 5.23. The van der Waals surface area contributed by atoms with E-state index in [0.29, 0.717) is 24.1 Å². The number of amides is 2. The van der Waals surface area contributed by atoms with Gasteiger partial charge in [0.1, 0.15) is 5.41 Å². The number of anilines is 1. The van der Waals surface area contributed by atoms with E-state index in [9.17, 15) is 9.59 Å². The zero-order chi connectivity index (χ0) is 17.2. The second kappa shape index (κ2) is 6.64. The van der Waals surface area contributed by atoms with Crippen LogP contribution in [0.25, 0.3) is 0 Å². The molecule has 0 aromatic heterocycles. The molecule has 1 aliphatic carbocycles. The Balaban J connectivity index is 1.71. The van der Waals surface area contributed by atoms with E-state index < -0.39 is 5.41 Å². The summed E-state index contributed by atoms with van der Waals surface area (Å²) in [5.74, 6) is -0.210. The molecular weight excluding hydrogens is 302 g/mol. The van der Waals surface area contributed by atoms with Crippen LogP contribution in [0.4, 0.5) is 5.69 Å². The fourth-order valence-electron chi connectivity index (χ4n) is 3.51. The second-order valence-corrected chi connectivity index (χ2v) is 6.78. The first kappa shape index (κ1) is 16.5. The zero-order valence-corrected chi connectivity index (χ0v) is 14.0. The van der Waals surface area contributed by atoms with Crippen molar-refractivity contribution in [2.75, 3.05) is 11.9 Å². The normalized spacial score (nSPS) is 21.7. The van der Waals surface area contributed by atoms with Crippen LogP contribution in [0, 0.1) is 16.7 Å². The highest BCUT2D eigenvalue weighted by Crippen LogP contribution is 2.49. The van der Waals surface area contributed by atoms with E-state index in [-0.39, 0.29) is 17.9 Å². The standard InChI is InChI=1S/C19H23N3O2/c1-2-16-5-3-4-12-22(16)18(24)19(10-11-19)17(23)21-15-8-6-14(13-20)7-9-15/h6-9,16H,2-5,10-12H2,1H3,(H,21,23). The van der Waals surface area contributed by atoms with Gasteiger partial charge in [0.2, 0.25) is 11.8 Å². The predicted molar refractivity (Wildman–Crippen MR) is 91.1 cm³/mol. The van der Waals surface area contributed by atoms with Crippen LogP contribution in [0.5, 0.6) is 0 Å². The minimum absolute atomic E-state index is 0.000181. The number of likely N-dealkylation sites (tertiary alicyclic amines) is 1. The van der Waals surface area contributed by atoms with E-state index in [2.05, 4.69) is 12.2 Å². The Hall–Kier alpha value is -2.35. The molecule has 5 heteroatoms. The number of carbonyl (C=O) groups excluding carboxylic acids is 2. The summed E-state index contributed by atoms with van der Waals surface area (Å²) in [5, 5.41) is 11.7. The lowest BCUT2D eigenvalue weighted by Crippen LogP contribution is -2.49. The van der Waals surface area contributed by atoms with Crippen molar-refractivity contribution in [3.05, 3.63) is 29.8 Å². The number of hydrogen-bond donors (Lipinski definition) is 1. The lowest BCUT2D eigenvalue weighted by Gasteiger charge is -2.37. The van der Waals surface area contributed by atoms with Crippen LogP contribution >= 0.6 is 0 Å². The van der Waals surface area contributed by atoms with E-state index in [1.165, 1.54) is 0 Å².